The van der Waals surface area contributed by atoms with Crippen LogP contribution in [0.2, 0.25) is 0 Å². The first-order valence-corrected chi connectivity index (χ1v) is 10.4. The van der Waals surface area contributed by atoms with Gasteiger partial charge in [-0.1, -0.05) is 18.2 Å². The van der Waals surface area contributed by atoms with Gasteiger partial charge in [-0.3, -0.25) is 14.6 Å². The smallest absolute Gasteiger partial charge is 0.227 e. The summed E-state index contributed by atoms with van der Waals surface area (Å²) in [4.78, 5) is 32.6. The molecule has 2 fully saturated rings. The fourth-order valence-electron chi connectivity index (χ4n) is 4.26. The monoisotopic (exact) mass is 391 g/mol. The fourth-order valence-corrected chi connectivity index (χ4v) is 4.26. The molecular weight excluding hydrogens is 366 g/mol. The summed E-state index contributed by atoms with van der Waals surface area (Å²) >= 11 is 0. The van der Waals surface area contributed by atoms with Gasteiger partial charge in [0.1, 0.15) is 12.4 Å². The lowest BCUT2D eigenvalue weighted by atomic mass is 9.94. The normalized spacial score (nSPS) is 20.9. The summed E-state index contributed by atoms with van der Waals surface area (Å²) in [6.45, 7) is 1.34. The van der Waals surface area contributed by atoms with Crippen LogP contribution < -0.4 is 9.64 Å². The molecule has 0 radical (unpaired) electrons. The summed E-state index contributed by atoms with van der Waals surface area (Å²) in [6, 6.07) is 8.27. The minimum absolute atomic E-state index is 0.135. The highest BCUT2D eigenvalue weighted by Crippen LogP contribution is 2.38. The van der Waals surface area contributed by atoms with Crippen LogP contribution in [-0.2, 0) is 16.0 Å². The third-order valence-corrected chi connectivity index (χ3v) is 6.26. The van der Waals surface area contributed by atoms with Crippen LogP contribution in [-0.4, -0.2) is 47.9 Å². The van der Waals surface area contributed by atoms with Crippen LogP contribution in [0.25, 0.3) is 11.1 Å². The standard InChI is InChI=1S/C23H25N3O3/c1-25-21(27)8-7-15-3-2-4-20(22(15)25)17-11-19(13-24-12-17)29-14-18-9-10-26(18)23(28)16-5-6-16/h2-4,11-13,16,18H,5-10,14H2,1H3/t18-/m0/s1. The molecule has 1 saturated carbocycles. The van der Waals surface area contributed by atoms with E-state index in [9.17, 15) is 9.59 Å². The zero-order chi connectivity index (χ0) is 20.0. The Morgan fingerprint density at radius 2 is 2.07 bits per heavy atom. The predicted molar refractivity (Wildman–Crippen MR) is 110 cm³/mol. The average Bonchev–Trinajstić information content (AvgIpc) is 3.55. The van der Waals surface area contributed by atoms with Gasteiger partial charge in [-0.15, -0.1) is 0 Å². The lowest BCUT2D eigenvalue weighted by Gasteiger charge is -2.40. The summed E-state index contributed by atoms with van der Waals surface area (Å²) in [6.07, 6.45) is 7.89. The van der Waals surface area contributed by atoms with Crippen molar-refractivity contribution in [2.24, 2.45) is 5.92 Å². The van der Waals surface area contributed by atoms with Crippen molar-refractivity contribution in [3.63, 3.8) is 0 Å². The molecule has 150 valence electrons. The molecule has 0 spiro atoms. The highest BCUT2D eigenvalue weighted by Gasteiger charge is 2.40. The van der Waals surface area contributed by atoms with Gasteiger partial charge < -0.3 is 14.5 Å². The van der Waals surface area contributed by atoms with Crippen molar-refractivity contribution in [3.8, 4) is 16.9 Å². The molecule has 2 aromatic rings. The maximum absolute atomic E-state index is 12.3. The van der Waals surface area contributed by atoms with E-state index in [0.29, 0.717) is 24.7 Å². The number of ether oxygens (including phenoxy) is 1. The molecule has 1 aromatic carbocycles. The maximum Gasteiger partial charge on any atom is 0.227 e. The van der Waals surface area contributed by atoms with Gasteiger partial charge in [0.2, 0.25) is 11.8 Å². The van der Waals surface area contributed by atoms with Gasteiger partial charge in [-0.05, 0) is 37.3 Å². The molecule has 3 aliphatic rings. The van der Waals surface area contributed by atoms with Crippen molar-refractivity contribution in [1.82, 2.24) is 9.88 Å². The molecule has 1 atom stereocenters. The Morgan fingerprint density at radius 1 is 1.21 bits per heavy atom. The van der Waals surface area contributed by atoms with Crippen molar-refractivity contribution in [2.45, 2.75) is 38.1 Å². The number of amides is 2. The van der Waals surface area contributed by atoms with E-state index >= 15 is 0 Å². The Morgan fingerprint density at radius 3 is 2.83 bits per heavy atom. The molecular formula is C23H25N3O3. The molecule has 2 aliphatic heterocycles. The van der Waals surface area contributed by atoms with E-state index in [4.69, 9.17) is 4.74 Å². The van der Waals surface area contributed by atoms with Crippen molar-refractivity contribution in [1.29, 1.82) is 0 Å². The zero-order valence-electron chi connectivity index (χ0n) is 16.6. The second-order valence-electron chi connectivity index (χ2n) is 8.23. The number of nitrogens with zero attached hydrogens (tertiary/aromatic N) is 3. The second kappa shape index (κ2) is 7.17. The second-order valence-corrected chi connectivity index (χ2v) is 8.23. The van der Waals surface area contributed by atoms with Crippen LogP contribution >= 0.6 is 0 Å². The van der Waals surface area contributed by atoms with Crippen LogP contribution in [0.4, 0.5) is 5.69 Å². The Bertz CT molecular complexity index is 970. The number of likely N-dealkylation sites (tertiary alicyclic amines) is 1. The van der Waals surface area contributed by atoms with Crippen molar-refractivity contribution >= 4 is 17.5 Å². The van der Waals surface area contributed by atoms with Gasteiger partial charge in [0.25, 0.3) is 0 Å². The maximum atomic E-state index is 12.3. The van der Waals surface area contributed by atoms with Crippen LogP contribution in [0.1, 0.15) is 31.2 Å². The predicted octanol–water partition coefficient (Wildman–Crippen LogP) is 3.05. The van der Waals surface area contributed by atoms with E-state index in [1.54, 1.807) is 11.1 Å². The number of hydrogen-bond acceptors (Lipinski definition) is 4. The van der Waals surface area contributed by atoms with E-state index in [0.717, 1.165) is 49.0 Å². The Kier molecular flexibility index (Phi) is 4.49. The molecule has 0 N–H and O–H groups in total. The molecule has 0 unspecified atom stereocenters. The topological polar surface area (TPSA) is 62.7 Å². The molecule has 1 aromatic heterocycles. The third-order valence-electron chi connectivity index (χ3n) is 6.26. The number of pyridine rings is 1. The van der Waals surface area contributed by atoms with E-state index in [-0.39, 0.29) is 17.9 Å². The molecule has 0 bridgehead atoms. The molecule has 2 amide bonds. The van der Waals surface area contributed by atoms with Gasteiger partial charge in [0, 0.05) is 43.3 Å². The number of aromatic nitrogens is 1. The zero-order valence-corrected chi connectivity index (χ0v) is 16.6. The quantitative estimate of drug-likeness (QED) is 0.786. The third kappa shape index (κ3) is 3.37. The SMILES string of the molecule is CN1C(=O)CCc2cccc(-c3cncc(OC[C@@H]4CCN4C(=O)C4CC4)c3)c21. The van der Waals surface area contributed by atoms with Gasteiger partial charge in [0.05, 0.1) is 17.9 Å². The largest absolute Gasteiger partial charge is 0.490 e. The molecule has 1 aliphatic carbocycles. The molecule has 5 rings (SSSR count). The Labute approximate surface area is 170 Å². The molecule has 1 saturated heterocycles. The minimum Gasteiger partial charge on any atom is -0.490 e. The van der Waals surface area contributed by atoms with Crippen molar-refractivity contribution in [2.75, 3.05) is 25.1 Å². The minimum atomic E-state index is 0.135. The van der Waals surface area contributed by atoms with Gasteiger partial charge >= 0.3 is 0 Å². The highest BCUT2D eigenvalue weighted by atomic mass is 16.5. The fraction of sp³-hybridized carbons (Fsp3) is 0.435. The van der Waals surface area contributed by atoms with Crippen LogP contribution in [0.5, 0.6) is 5.75 Å². The Balaban J connectivity index is 1.33. The molecule has 6 heteroatoms. The van der Waals surface area contributed by atoms with Gasteiger partial charge in [-0.25, -0.2) is 0 Å². The summed E-state index contributed by atoms with van der Waals surface area (Å²) in [5, 5.41) is 0. The Hall–Kier alpha value is -2.89. The number of rotatable bonds is 5. The highest BCUT2D eigenvalue weighted by molar-refractivity contribution is 6.00. The first kappa shape index (κ1) is 18.2. The number of carbonyl (C=O) groups is 2. The molecule has 29 heavy (non-hydrogen) atoms. The van der Waals surface area contributed by atoms with E-state index in [1.807, 2.05) is 36.3 Å². The summed E-state index contributed by atoms with van der Waals surface area (Å²) in [5.41, 5.74) is 4.06. The van der Waals surface area contributed by atoms with Crippen LogP contribution in [0, 0.1) is 5.92 Å². The van der Waals surface area contributed by atoms with Crippen molar-refractivity contribution in [3.05, 3.63) is 42.2 Å². The number of para-hydroxylation sites is 1. The van der Waals surface area contributed by atoms with Crippen LogP contribution in [0.3, 0.4) is 0 Å². The average molecular weight is 391 g/mol. The lowest BCUT2D eigenvalue weighted by molar-refractivity contribution is -0.141. The molecule has 3 heterocycles. The lowest BCUT2D eigenvalue weighted by Crippen LogP contribution is -2.54. The summed E-state index contributed by atoms with van der Waals surface area (Å²) in [5.74, 6) is 1.37. The number of benzene rings is 1. The number of fused-ring (bicyclic) bond motifs is 1. The number of anilines is 1. The van der Waals surface area contributed by atoms with Gasteiger partial charge in [-0.2, -0.15) is 0 Å². The molecule has 6 nitrogen and oxygen atoms in total. The van der Waals surface area contributed by atoms with Crippen molar-refractivity contribution < 1.29 is 14.3 Å². The van der Waals surface area contributed by atoms with E-state index < -0.39 is 0 Å². The summed E-state index contributed by atoms with van der Waals surface area (Å²) < 4.78 is 6.01. The van der Waals surface area contributed by atoms with E-state index in [2.05, 4.69) is 11.1 Å². The number of carbonyl (C=O) groups excluding carboxylic acids is 2. The number of aryl methyl sites for hydroxylation is 1. The van der Waals surface area contributed by atoms with E-state index in [1.165, 1.54) is 5.56 Å². The first-order valence-electron chi connectivity index (χ1n) is 10.4. The van der Waals surface area contributed by atoms with Crippen LogP contribution in [0.15, 0.2) is 36.7 Å². The number of hydrogen-bond donors (Lipinski definition) is 0. The summed E-state index contributed by atoms with van der Waals surface area (Å²) in [7, 11) is 1.83. The van der Waals surface area contributed by atoms with Gasteiger partial charge in [0.15, 0.2) is 0 Å². The first-order chi connectivity index (χ1) is 14.1.